The van der Waals surface area contributed by atoms with Crippen molar-refractivity contribution in [3.8, 4) is 17.6 Å². The zero-order valence-corrected chi connectivity index (χ0v) is 26.2. The van der Waals surface area contributed by atoms with E-state index in [2.05, 4.69) is 5.32 Å². The number of nitrogens with zero attached hydrogens (tertiary/aromatic N) is 2. The van der Waals surface area contributed by atoms with E-state index in [1.54, 1.807) is 0 Å². The van der Waals surface area contributed by atoms with Crippen LogP contribution in [-0.4, -0.2) is 44.6 Å². The fourth-order valence-corrected chi connectivity index (χ4v) is 5.69. The predicted molar refractivity (Wildman–Crippen MR) is 159 cm³/mol. The Morgan fingerprint density at radius 3 is 2.35 bits per heavy atom. The van der Waals surface area contributed by atoms with Crippen LogP contribution in [0.15, 0.2) is 53.4 Å². The summed E-state index contributed by atoms with van der Waals surface area (Å²) >= 11 is 18.2. The van der Waals surface area contributed by atoms with Crippen molar-refractivity contribution < 1.29 is 35.6 Å². The van der Waals surface area contributed by atoms with Gasteiger partial charge in [-0.3, -0.25) is 9.59 Å². The zero-order chi connectivity index (χ0) is 32.3. The Bertz CT molecular complexity index is 1870. The molecule has 17 heteroatoms. The maximum Gasteiger partial charge on any atom is 0.280 e. The standard InChI is InChI=1S/C26H22Cl3FN4O7S2/c1-14(42(2,37)38)7-24(36)34(32)43(39,40)19-4-6-22(21(29)12-19)33-23(35)10-16-3-5-20(28)26(25(16)30)41-18-9-15(13-31)8-17(27)11-18/h3-6,8-9,11-12,14H,7,10,32H2,1-2H3,(H,33,35). The van der Waals surface area contributed by atoms with Gasteiger partial charge >= 0.3 is 0 Å². The summed E-state index contributed by atoms with van der Waals surface area (Å²) in [6.45, 7) is 1.23. The number of rotatable bonds is 10. The lowest BCUT2D eigenvalue weighted by Crippen LogP contribution is -2.44. The Kier molecular flexibility index (Phi) is 10.7. The molecule has 1 atom stereocenters. The van der Waals surface area contributed by atoms with Gasteiger partial charge in [0.05, 0.1) is 43.9 Å². The minimum Gasteiger partial charge on any atom is -0.453 e. The van der Waals surface area contributed by atoms with E-state index < -0.39 is 66.2 Å². The summed E-state index contributed by atoms with van der Waals surface area (Å²) in [7, 11) is -8.25. The van der Waals surface area contributed by atoms with Gasteiger partial charge in [0.2, 0.25) is 5.91 Å². The summed E-state index contributed by atoms with van der Waals surface area (Å²) in [6, 6.07) is 11.6. The quantitative estimate of drug-likeness (QED) is 0.171. The molecule has 2 amide bonds. The van der Waals surface area contributed by atoms with Gasteiger partial charge in [-0.2, -0.15) is 18.1 Å². The van der Waals surface area contributed by atoms with Crippen LogP contribution in [-0.2, 0) is 35.9 Å². The molecule has 0 saturated heterocycles. The lowest BCUT2D eigenvalue weighted by molar-refractivity contribution is -0.126. The molecule has 3 rings (SSSR count). The lowest BCUT2D eigenvalue weighted by Gasteiger charge is -2.19. The first-order valence-electron chi connectivity index (χ1n) is 11.9. The normalized spacial score (nSPS) is 12.2. The van der Waals surface area contributed by atoms with Gasteiger partial charge < -0.3 is 10.1 Å². The first kappa shape index (κ1) is 34.0. The minimum atomic E-state index is -4.63. The van der Waals surface area contributed by atoms with Crippen LogP contribution in [0, 0.1) is 17.1 Å². The molecule has 43 heavy (non-hydrogen) atoms. The number of hydrazine groups is 1. The van der Waals surface area contributed by atoms with Crippen LogP contribution in [0.3, 0.4) is 0 Å². The minimum absolute atomic E-state index is 0.0379. The average molecular weight is 692 g/mol. The number of sulfone groups is 1. The Balaban J connectivity index is 1.76. The highest BCUT2D eigenvalue weighted by Gasteiger charge is 2.30. The van der Waals surface area contributed by atoms with Crippen LogP contribution >= 0.6 is 34.8 Å². The Hall–Kier alpha value is -3.45. The van der Waals surface area contributed by atoms with E-state index in [0.717, 1.165) is 24.5 Å². The topological polar surface area (TPSA) is 177 Å². The molecule has 0 heterocycles. The molecule has 0 aliphatic rings. The fraction of sp³-hybridized carbons (Fsp3) is 0.192. The van der Waals surface area contributed by atoms with Crippen LogP contribution in [0.1, 0.15) is 24.5 Å². The molecule has 0 radical (unpaired) electrons. The van der Waals surface area contributed by atoms with E-state index in [0.29, 0.717) is 0 Å². The first-order valence-corrected chi connectivity index (χ1v) is 16.4. The third kappa shape index (κ3) is 8.35. The first-order chi connectivity index (χ1) is 19.9. The second-order valence-electron chi connectivity index (χ2n) is 9.14. The van der Waals surface area contributed by atoms with Gasteiger partial charge in [-0.05, 0) is 49.4 Å². The third-order valence-corrected chi connectivity index (χ3v) is 9.94. The van der Waals surface area contributed by atoms with Crippen molar-refractivity contribution >= 4 is 72.2 Å². The molecular formula is C26H22Cl3FN4O7S2. The number of halogens is 4. The highest BCUT2D eigenvalue weighted by molar-refractivity contribution is 7.91. The van der Waals surface area contributed by atoms with Crippen molar-refractivity contribution in [2.75, 3.05) is 11.6 Å². The molecule has 0 saturated carbocycles. The van der Waals surface area contributed by atoms with E-state index >= 15 is 4.39 Å². The van der Waals surface area contributed by atoms with Crippen LogP contribution < -0.4 is 15.9 Å². The largest absolute Gasteiger partial charge is 0.453 e. The molecule has 0 spiro atoms. The van der Waals surface area contributed by atoms with Gasteiger partial charge in [-0.1, -0.05) is 40.9 Å². The summed E-state index contributed by atoms with van der Waals surface area (Å²) in [5.41, 5.74) is 0.00737. The van der Waals surface area contributed by atoms with Crippen molar-refractivity contribution in [3.05, 3.63) is 80.5 Å². The number of nitrogens with one attached hydrogen (secondary N) is 1. The van der Waals surface area contributed by atoms with Gasteiger partial charge in [0, 0.05) is 23.3 Å². The van der Waals surface area contributed by atoms with Crippen molar-refractivity contribution in [1.29, 1.82) is 5.26 Å². The molecule has 11 nitrogen and oxygen atoms in total. The Morgan fingerprint density at radius 1 is 1.07 bits per heavy atom. The number of amides is 2. The number of hydrogen-bond acceptors (Lipinski definition) is 9. The molecule has 1 unspecified atom stereocenters. The molecule has 0 aliphatic heterocycles. The molecule has 228 valence electrons. The maximum atomic E-state index is 15.3. The predicted octanol–water partition coefficient (Wildman–Crippen LogP) is 4.85. The zero-order valence-electron chi connectivity index (χ0n) is 22.3. The number of carbonyl (C=O) groups is 2. The molecule has 3 N–H and O–H groups in total. The number of ether oxygens (including phenoxy) is 1. The number of carbonyl (C=O) groups excluding carboxylic acids is 2. The number of benzene rings is 3. The van der Waals surface area contributed by atoms with Crippen molar-refractivity contribution in [1.82, 2.24) is 4.41 Å². The van der Waals surface area contributed by atoms with Crippen LogP contribution in [0.4, 0.5) is 10.1 Å². The maximum absolute atomic E-state index is 15.3. The van der Waals surface area contributed by atoms with Crippen LogP contribution in [0.25, 0.3) is 0 Å². The third-order valence-electron chi connectivity index (χ3n) is 5.91. The number of sulfonamides is 1. The summed E-state index contributed by atoms with van der Waals surface area (Å²) in [5, 5.41) is 10.2. The van der Waals surface area contributed by atoms with Crippen LogP contribution in [0.2, 0.25) is 15.1 Å². The van der Waals surface area contributed by atoms with Gasteiger partial charge in [-0.15, -0.1) is 0 Å². The molecule has 3 aromatic rings. The Morgan fingerprint density at radius 2 is 1.74 bits per heavy atom. The summed E-state index contributed by atoms with van der Waals surface area (Å²) in [4.78, 5) is 24.5. The van der Waals surface area contributed by atoms with Gasteiger partial charge in [0.1, 0.15) is 5.75 Å². The Labute approximate surface area is 261 Å². The smallest absolute Gasteiger partial charge is 0.280 e. The van der Waals surface area contributed by atoms with E-state index in [1.807, 2.05) is 6.07 Å². The summed E-state index contributed by atoms with van der Waals surface area (Å²) in [5.74, 6) is 2.26. The number of nitriles is 1. The van der Waals surface area contributed by atoms with E-state index in [9.17, 15) is 26.4 Å². The number of anilines is 1. The van der Waals surface area contributed by atoms with Gasteiger partial charge in [0.25, 0.3) is 15.9 Å². The second-order valence-corrected chi connectivity index (χ2v) is 14.7. The molecule has 3 aromatic carbocycles. The molecule has 0 aliphatic carbocycles. The van der Waals surface area contributed by atoms with Crippen LogP contribution in [0.5, 0.6) is 11.5 Å². The monoisotopic (exact) mass is 690 g/mol. The average Bonchev–Trinajstić information content (AvgIpc) is 2.92. The SMILES string of the molecule is CC(CC(=O)N(N)S(=O)(=O)c1ccc(NC(=O)Cc2ccc(Cl)c(Oc3cc(Cl)cc(C#N)c3)c2F)c(Cl)c1)S(C)(=O)=O. The van der Waals surface area contributed by atoms with E-state index in [-0.39, 0.29) is 42.0 Å². The van der Waals surface area contributed by atoms with Crippen molar-refractivity contribution in [2.45, 2.75) is 29.9 Å². The van der Waals surface area contributed by atoms with E-state index in [4.69, 9.17) is 50.6 Å². The van der Waals surface area contributed by atoms with Crippen molar-refractivity contribution in [3.63, 3.8) is 0 Å². The number of nitrogens with two attached hydrogens (primary N) is 1. The molecule has 0 fully saturated rings. The summed E-state index contributed by atoms with van der Waals surface area (Å²) < 4.78 is 69.5. The fourth-order valence-electron chi connectivity index (χ4n) is 3.47. The summed E-state index contributed by atoms with van der Waals surface area (Å²) in [6.07, 6.45) is -0.295. The van der Waals surface area contributed by atoms with Crippen molar-refractivity contribution in [2.24, 2.45) is 5.84 Å². The van der Waals surface area contributed by atoms with Gasteiger partial charge in [0.15, 0.2) is 21.4 Å². The molecule has 0 bridgehead atoms. The highest BCUT2D eigenvalue weighted by Crippen LogP contribution is 2.35. The molecular weight excluding hydrogens is 670 g/mol. The number of hydrogen-bond donors (Lipinski definition) is 2. The van der Waals surface area contributed by atoms with Gasteiger partial charge in [-0.25, -0.2) is 18.7 Å². The van der Waals surface area contributed by atoms with E-state index in [1.165, 1.54) is 37.3 Å². The molecule has 0 aromatic heterocycles. The highest BCUT2D eigenvalue weighted by atomic mass is 35.5. The lowest BCUT2D eigenvalue weighted by atomic mass is 10.1. The second kappa shape index (κ2) is 13.5.